The van der Waals surface area contributed by atoms with Gasteiger partial charge in [-0.25, -0.2) is 4.98 Å². The van der Waals surface area contributed by atoms with Gasteiger partial charge in [0.2, 0.25) is 0 Å². The van der Waals surface area contributed by atoms with E-state index in [1.165, 1.54) is 0 Å². The van der Waals surface area contributed by atoms with Crippen molar-refractivity contribution in [2.24, 2.45) is 0 Å². The smallest absolute Gasteiger partial charge is 0.140 e. The van der Waals surface area contributed by atoms with Crippen LogP contribution >= 0.6 is 0 Å². The van der Waals surface area contributed by atoms with Crippen LogP contribution < -0.4 is 0 Å². The molecule has 0 N–H and O–H groups in total. The maximum atomic E-state index is 8.70. The van der Waals surface area contributed by atoms with Gasteiger partial charge in [0.15, 0.2) is 0 Å². The molecule has 15 heavy (non-hydrogen) atoms. The van der Waals surface area contributed by atoms with Crippen LogP contribution in [0.15, 0.2) is 36.7 Å². The van der Waals surface area contributed by atoms with Gasteiger partial charge in [-0.1, -0.05) is 0 Å². The van der Waals surface area contributed by atoms with E-state index in [1.807, 2.05) is 31.2 Å². The van der Waals surface area contributed by atoms with Crippen molar-refractivity contribution in [3.8, 4) is 17.2 Å². The molecule has 3 nitrogen and oxygen atoms in total. The van der Waals surface area contributed by atoms with E-state index in [2.05, 4.69) is 9.97 Å². The van der Waals surface area contributed by atoms with Gasteiger partial charge in [-0.3, -0.25) is 4.98 Å². The number of hydrogen-bond acceptors (Lipinski definition) is 3. The van der Waals surface area contributed by atoms with Crippen molar-refractivity contribution in [1.82, 2.24) is 9.97 Å². The lowest BCUT2D eigenvalue weighted by atomic mass is 10.1. The van der Waals surface area contributed by atoms with Gasteiger partial charge in [0.25, 0.3) is 0 Å². The zero-order chi connectivity index (χ0) is 10.7. The van der Waals surface area contributed by atoms with E-state index >= 15 is 0 Å². The third-order valence-corrected chi connectivity index (χ3v) is 2.19. The molecule has 0 saturated heterocycles. The van der Waals surface area contributed by atoms with Gasteiger partial charge < -0.3 is 0 Å². The predicted octanol–water partition coefficient (Wildman–Crippen LogP) is 2.32. The summed E-state index contributed by atoms with van der Waals surface area (Å²) in [5.74, 6) is 0. The number of pyridine rings is 2. The largest absolute Gasteiger partial charge is 0.265 e. The van der Waals surface area contributed by atoms with Crippen molar-refractivity contribution in [2.75, 3.05) is 0 Å². The van der Waals surface area contributed by atoms with Crippen LogP contribution in [0.1, 0.15) is 11.4 Å². The molecule has 0 radical (unpaired) electrons. The quantitative estimate of drug-likeness (QED) is 0.701. The first-order valence-electron chi connectivity index (χ1n) is 4.59. The predicted molar refractivity (Wildman–Crippen MR) is 56.9 cm³/mol. The summed E-state index contributed by atoms with van der Waals surface area (Å²) in [6.45, 7) is 1.90. The van der Waals surface area contributed by atoms with Crippen LogP contribution in [0, 0.1) is 18.3 Å². The molecule has 0 unspecified atom stereocenters. The van der Waals surface area contributed by atoms with Crippen LogP contribution in [0.5, 0.6) is 0 Å². The Morgan fingerprint density at radius 1 is 1.13 bits per heavy atom. The second-order valence-corrected chi connectivity index (χ2v) is 3.18. The molecule has 0 aromatic carbocycles. The fraction of sp³-hybridized carbons (Fsp3) is 0.0833. The van der Waals surface area contributed by atoms with Crippen LogP contribution in [0.25, 0.3) is 11.1 Å². The second-order valence-electron chi connectivity index (χ2n) is 3.18. The number of hydrogen-bond donors (Lipinski definition) is 0. The number of rotatable bonds is 1. The van der Waals surface area contributed by atoms with Crippen molar-refractivity contribution >= 4 is 0 Å². The average Bonchev–Trinajstić information content (AvgIpc) is 2.30. The maximum absolute atomic E-state index is 8.70. The summed E-state index contributed by atoms with van der Waals surface area (Å²) in [5.41, 5.74) is 3.42. The molecule has 2 aromatic rings. The van der Waals surface area contributed by atoms with E-state index in [0.29, 0.717) is 5.69 Å². The molecule has 2 aromatic heterocycles. The molecule has 0 bridgehead atoms. The normalized spacial score (nSPS) is 9.60. The third kappa shape index (κ3) is 1.84. The molecular formula is C12H9N3. The van der Waals surface area contributed by atoms with Crippen LogP contribution in [0.4, 0.5) is 0 Å². The minimum atomic E-state index is 0.449. The Hall–Kier alpha value is -2.21. The molecule has 2 heterocycles. The van der Waals surface area contributed by atoms with Gasteiger partial charge in [-0.05, 0) is 36.8 Å². The molecule has 0 aliphatic heterocycles. The highest BCUT2D eigenvalue weighted by Crippen LogP contribution is 2.21. The molecule has 0 amide bonds. The summed E-state index contributed by atoms with van der Waals surface area (Å²) in [7, 11) is 0. The van der Waals surface area contributed by atoms with Gasteiger partial charge in [0, 0.05) is 23.7 Å². The van der Waals surface area contributed by atoms with Crippen molar-refractivity contribution in [3.63, 3.8) is 0 Å². The van der Waals surface area contributed by atoms with Gasteiger partial charge in [-0.15, -0.1) is 0 Å². The summed E-state index contributed by atoms with van der Waals surface area (Å²) in [6, 6.07) is 9.51. The minimum Gasteiger partial charge on any atom is -0.265 e. The second kappa shape index (κ2) is 3.89. The molecule has 0 aliphatic rings. The highest BCUT2D eigenvalue weighted by atomic mass is 14.7. The summed E-state index contributed by atoms with van der Waals surface area (Å²) in [6.07, 6.45) is 3.49. The van der Waals surface area contributed by atoms with E-state index in [0.717, 1.165) is 16.8 Å². The topological polar surface area (TPSA) is 49.6 Å². The van der Waals surface area contributed by atoms with Crippen molar-refractivity contribution in [2.45, 2.75) is 6.92 Å². The zero-order valence-electron chi connectivity index (χ0n) is 8.31. The van der Waals surface area contributed by atoms with Crippen LogP contribution in [0.3, 0.4) is 0 Å². The first kappa shape index (κ1) is 9.35. The fourth-order valence-electron chi connectivity index (χ4n) is 1.46. The van der Waals surface area contributed by atoms with Crippen LogP contribution in [0.2, 0.25) is 0 Å². The average molecular weight is 195 g/mol. The fourth-order valence-corrected chi connectivity index (χ4v) is 1.46. The van der Waals surface area contributed by atoms with E-state index in [1.54, 1.807) is 18.5 Å². The summed E-state index contributed by atoms with van der Waals surface area (Å²) >= 11 is 0. The van der Waals surface area contributed by atoms with E-state index in [-0.39, 0.29) is 0 Å². The van der Waals surface area contributed by atoms with Gasteiger partial charge in [-0.2, -0.15) is 5.26 Å². The monoisotopic (exact) mass is 195 g/mol. The van der Waals surface area contributed by atoms with Crippen LogP contribution in [-0.2, 0) is 0 Å². The molecule has 0 aliphatic carbocycles. The van der Waals surface area contributed by atoms with E-state index in [4.69, 9.17) is 5.26 Å². The van der Waals surface area contributed by atoms with E-state index < -0.39 is 0 Å². The molecule has 72 valence electrons. The lowest BCUT2D eigenvalue weighted by molar-refractivity contribution is 1.17. The Bertz CT molecular complexity index is 512. The lowest BCUT2D eigenvalue weighted by Gasteiger charge is -2.04. The highest BCUT2D eigenvalue weighted by Gasteiger charge is 2.03. The lowest BCUT2D eigenvalue weighted by Crippen LogP contribution is -1.90. The van der Waals surface area contributed by atoms with Gasteiger partial charge >= 0.3 is 0 Å². The number of aryl methyl sites for hydroxylation is 1. The van der Waals surface area contributed by atoms with Crippen molar-refractivity contribution in [3.05, 3.63) is 48.0 Å². The SMILES string of the molecule is Cc1nc(C#N)ccc1-c1ccncc1. The minimum absolute atomic E-state index is 0.449. The first-order chi connectivity index (χ1) is 7.31. The Kier molecular flexibility index (Phi) is 2.42. The highest BCUT2D eigenvalue weighted by molar-refractivity contribution is 5.65. The Morgan fingerprint density at radius 3 is 2.47 bits per heavy atom. The molecule has 3 heteroatoms. The zero-order valence-corrected chi connectivity index (χ0v) is 8.31. The third-order valence-electron chi connectivity index (χ3n) is 2.19. The Labute approximate surface area is 88.1 Å². The molecule has 0 atom stereocenters. The van der Waals surface area contributed by atoms with Gasteiger partial charge in [0.1, 0.15) is 11.8 Å². The Morgan fingerprint density at radius 2 is 1.87 bits per heavy atom. The summed E-state index contributed by atoms with van der Waals surface area (Å²) < 4.78 is 0. The number of nitriles is 1. The van der Waals surface area contributed by atoms with Crippen molar-refractivity contribution in [1.29, 1.82) is 5.26 Å². The summed E-state index contributed by atoms with van der Waals surface area (Å²) in [5, 5.41) is 8.70. The molecule has 2 rings (SSSR count). The number of aromatic nitrogens is 2. The van der Waals surface area contributed by atoms with Gasteiger partial charge in [0.05, 0.1) is 0 Å². The molecule has 0 spiro atoms. The standard InChI is InChI=1S/C12H9N3/c1-9-12(3-2-11(8-13)15-9)10-4-6-14-7-5-10/h2-7H,1H3. The molecule has 0 saturated carbocycles. The molecular weight excluding hydrogens is 186 g/mol. The summed E-state index contributed by atoms with van der Waals surface area (Å²) in [4.78, 5) is 8.15. The van der Waals surface area contributed by atoms with Crippen molar-refractivity contribution < 1.29 is 0 Å². The Balaban J connectivity index is 2.52. The molecule has 0 fully saturated rings. The van der Waals surface area contributed by atoms with Crippen LogP contribution in [-0.4, -0.2) is 9.97 Å². The number of nitrogens with zero attached hydrogens (tertiary/aromatic N) is 3. The van der Waals surface area contributed by atoms with E-state index in [9.17, 15) is 0 Å². The first-order valence-corrected chi connectivity index (χ1v) is 4.59. The maximum Gasteiger partial charge on any atom is 0.140 e.